The number of methoxy groups -OCH3 is 1. The number of anilines is 2. The summed E-state index contributed by atoms with van der Waals surface area (Å²) in [7, 11) is -2.70. The van der Waals surface area contributed by atoms with Crippen LogP contribution in [0.25, 0.3) is 10.8 Å². The summed E-state index contributed by atoms with van der Waals surface area (Å²) in [6.45, 7) is 0. The van der Waals surface area contributed by atoms with E-state index in [1.54, 1.807) is 30.3 Å². The number of carbonyl (C=O) groups excluding carboxylic acids is 2. The first kappa shape index (κ1) is 17.0. The average molecular weight is 382 g/mol. The highest BCUT2D eigenvalue weighted by molar-refractivity contribution is 7.93. The molecule has 0 fully saturated rings. The summed E-state index contributed by atoms with van der Waals surface area (Å²) in [5.74, 6) is -0.824. The molecule has 136 valence electrons. The average Bonchev–Trinajstić information content (AvgIpc) is 2.98. The van der Waals surface area contributed by atoms with Crippen molar-refractivity contribution in [2.45, 2.75) is 4.90 Å². The van der Waals surface area contributed by atoms with E-state index in [2.05, 4.69) is 14.8 Å². The van der Waals surface area contributed by atoms with Crippen molar-refractivity contribution < 1.29 is 22.7 Å². The molecule has 0 aliphatic carbocycles. The highest BCUT2D eigenvalue weighted by Crippen LogP contribution is 2.36. The molecule has 1 aliphatic rings. The van der Waals surface area contributed by atoms with Gasteiger partial charge in [0.15, 0.2) is 0 Å². The predicted molar refractivity (Wildman–Crippen MR) is 100 cm³/mol. The van der Waals surface area contributed by atoms with Gasteiger partial charge in [-0.1, -0.05) is 18.2 Å². The van der Waals surface area contributed by atoms with E-state index in [-0.39, 0.29) is 22.1 Å². The van der Waals surface area contributed by atoms with Gasteiger partial charge in [-0.15, -0.1) is 0 Å². The third-order valence-corrected chi connectivity index (χ3v) is 5.76. The number of benzene rings is 3. The van der Waals surface area contributed by atoms with Gasteiger partial charge in [-0.05, 0) is 36.4 Å². The Kier molecular flexibility index (Phi) is 3.85. The smallest absolute Gasteiger partial charge is 0.337 e. The number of esters is 1. The van der Waals surface area contributed by atoms with Crippen molar-refractivity contribution >= 4 is 44.0 Å². The van der Waals surface area contributed by atoms with E-state index >= 15 is 0 Å². The molecule has 1 heterocycles. The van der Waals surface area contributed by atoms with E-state index < -0.39 is 16.0 Å². The van der Waals surface area contributed by atoms with Crippen LogP contribution in [0, 0.1) is 0 Å². The van der Waals surface area contributed by atoms with Gasteiger partial charge in [0.1, 0.15) is 0 Å². The van der Waals surface area contributed by atoms with E-state index in [9.17, 15) is 18.0 Å². The van der Waals surface area contributed by atoms with Crippen molar-refractivity contribution in [1.29, 1.82) is 0 Å². The lowest BCUT2D eigenvalue weighted by Crippen LogP contribution is -2.14. The molecule has 3 aromatic rings. The maximum absolute atomic E-state index is 13.0. The fraction of sp³-hybridized carbons (Fsp3) is 0.0526. The van der Waals surface area contributed by atoms with Gasteiger partial charge in [0.05, 0.1) is 17.6 Å². The Bertz CT molecular complexity index is 1220. The van der Waals surface area contributed by atoms with Crippen molar-refractivity contribution in [2.24, 2.45) is 0 Å². The number of hydrogen-bond acceptors (Lipinski definition) is 5. The zero-order valence-corrected chi connectivity index (χ0v) is 15.0. The van der Waals surface area contributed by atoms with Gasteiger partial charge in [-0.25, -0.2) is 13.2 Å². The second-order valence-corrected chi connectivity index (χ2v) is 7.62. The Morgan fingerprint density at radius 3 is 2.63 bits per heavy atom. The highest BCUT2D eigenvalue weighted by Gasteiger charge is 2.26. The number of amides is 1. The van der Waals surface area contributed by atoms with Crippen molar-refractivity contribution in [1.82, 2.24) is 0 Å². The lowest BCUT2D eigenvalue weighted by Gasteiger charge is -2.12. The molecule has 0 aromatic heterocycles. The molecule has 1 aliphatic heterocycles. The summed E-state index contributed by atoms with van der Waals surface area (Å²) in [6, 6.07) is 14.0. The van der Waals surface area contributed by atoms with Crippen molar-refractivity contribution in [3.63, 3.8) is 0 Å². The van der Waals surface area contributed by atoms with Crippen LogP contribution in [0.4, 0.5) is 11.4 Å². The lowest BCUT2D eigenvalue weighted by molar-refractivity contribution is 0.0600. The zero-order chi connectivity index (χ0) is 19.2. The molecule has 8 heteroatoms. The van der Waals surface area contributed by atoms with Crippen LogP contribution in [0.5, 0.6) is 0 Å². The van der Waals surface area contributed by atoms with Crippen LogP contribution in [0.3, 0.4) is 0 Å². The first-order chi connectivity index (χ1) is 12.9. The summed E-state index contributed by atoms with van der Waals surface area (Å²) in [5.41, 5.74) is 1.48. The summed E-state index contributed by atoms with van der Waals surface area (Å²) in [6.07, 6.45) is 0. The Balaban J connectivity index is 1.79. The van der Waals surface area contributed by atoms with Crippen LogP contribution in [0.1, 0.15) is 20.7 Å². The van der Waals surface area contributed by atoms with Crippen LogP contribution in [0.2, 0.25) is 0 Å². The molecule has 1 amide bonds. The molecule has 0 saturated heterocycles. The van der Waals surface area contributed by atoms with E-state index in [0.717, 1.165) is 0 Å². The van der Waals surface area contributed by atoms with Crippen molar-refractivity contribution in [2.75, 3.05) is 17.1 Å². The van der Waals surface area contributed by atoms with E-state index in [4.69, 9.17) is 0 Å². The van der Waals surface area contributed by atoms with Gasteiger partial charge >= 0.3 is 5.97 Å². The van der Waals surface area contributed by atoms with Crippen LogP contribution in [-0.4, -0.2) is 27.4 Å². The summed E-state index contributed by atoms with van der Waals surface area (Å²) in [4.78, 5) is 23.7. The van der Waals surface area contributed by atoms with Gasteiger partial charge in [0, 0.05) is 27.7 Å². The molecular weight excluding hydrogens is 368 g/mol. The van der Waals surface area contributed by atoms with Crippen LogP contribution in [0.15, 0.2) is 59.5 Å². The first-order valence-electron chi connectivity index (χ1n) is 7.99. The maximum Gasteiger partial charge on any atom is 0.337 e. The molecule has 27 heavy (non-hydrogen) atoms. The topological polar surface area (TPSA) is 102 Å². The number of nitrogens with one attached hydrogen (secondary N) is 2. The minimum atomic E-state index is -3.95. The largest absolute Gasteiger partial charge is 0.465 e. The maximum atomic E-state index is 13.0. The first-order valence-corrected chi connectivity index (χ1v) is 9.47. The predicted octanol–water partition coefficient (Wildman–Crippen LogP) is 2.99. The van der Waals surface area contributed by atoms with Gasteiger partial charge in [0.2, 0.25) is 0 Å². The number of sulfonamides is 1. The molecule has 0 spiro atoms. The third-order valence-electron chi connectivity index (χ3n) is 4.32. The highest BCUT2D eigenvalue weighted by atomic mass is 32.2. The molecule has 0 atom stereocenters. The van der Waals surface area contributed by atoms with Gasteiger partial charge < -0.3 is 10.1 Å². The zero-order valence-electron chi connectivity index (χ0n) is 14.1. The fourth-order valence-corrected chi connectivity index (χ4v) is 4.39. The second kappa shape index (κ2) is 6.10. The Hall–Kier alpha value is -3.39. The number of hydrogen-bond donors (Lipinski definition) is 2. The van der Waals surface area contributed by atoms with Gasteiger partial charge in [-0.3, -0.25) is 9.52 Å². The lowest BCUT2D eigenvalue weighted by atomic mass is 10.1. The number of carbonyl (C=O) groups is 2. The molecule has 2 N–H and O–H groups in total. The van der Waals surface area contributed by atoms with Crippen LogP contribution in [-0.2, 0) is 14.8 Å². The molecule has 0 bridgehead atoms. The molecule has 7 nitrogen and oxygen atoms in total. The van der Waals surface area contributed by atoms with Gasteiger partial charge in [-0.2, -0.15) is 0 Å². The van der Waals surface area contributed by atoms with Gasteiger partial charge in [0.25, 0.3) is 15.9 Å². The number of rotatable bonds is 4. The molecule has 0 radical (unpaired) electrons. The molecule has 4 rings (SSSR count). The monoisotopic (exact) mass is 382 g/mol. The van der Waals surface area contributed by atoms with E-state index in [0.29, 0.717) is 22.0 Å². The second-order valence-electron chi connectivity index (χ2n) is 5.97. The molecule has 3 aromatic carbocycles. The van der Waals surface area contributed by atoms with Crippen molar-refractivity contribution in [3.8, 4) is 0 Å². The third kappa shape index (κ3) is 2.80. The van der Waals surface area contributed by atoms with E-state index in [1.165, 1.54) is 31.4 Å². The quantitative estimate of drug-likeness (QED) is 0.676. The normalized spacial score (nSPS) is 12.7. The SMILES string of the molecule is COC(=O)c1cccc(NS(=O)(=O)c2ccc3c4c(cccc24)C(=O)N3)c1. The Morgan fingerprint density at radius 1 is 1.07 bits per heavy atom. The summed E-state index contributed by atoms with van der Waals surface area (Å²) < 4.78 is 33.0. The van der Waals surface area contributed by atoms with Crippen molar-refractivity contribution in [3.05, 3.63) is 65.7 Å². The fourth-order valence-electron chi connectivity index (χ4n) is 3.13. The Labute approximate surface area is 155 Å². The molecule has 0 unspecified atom stereocenters. The Morgan fingerprint density at radius 2 is 1.85 bits per heavy atom. The minimum Gasteiger partial charge on any atom is -0.465 e. The minimum absolute atomic E-state index is 0.0445. The van der Waals surface area contributed by atoms with E-state index in [1.807, 2.05) is 0 Å². The summed E-state index contributed by atoms with van der Waals surface area (Å²) >= 11 is 0. The number of ether oxygens (including phenoxy) is 1. The molecular formula is C19H14N2O5S. The van der Waals surface area contributed by atoms with Crippen LogP contribution < -0.4 is 10.0 Å². The standard InChI is InChI=1S/C19H14N2O5S/c1-26-19(23)11-4-2-5-12(10-11)21-27(24,25)16-9-8-15-17-13(16)6-3-7-14(17)18(22)20-15/h2-10,21H,1H3,(H,20,22). The summed E-state index contributed by atoms with van der Waals surface area (Å²) in [5, 5.41) is 3.74. The molecule has 0 saturated carbocycles. The van der Waals surface area contributed by atoms with Crippen LogP contribution >= 0.6 is 0 Å².